The van der Waals surface area contributed by atoms with E-state index in [1.807, 2.05) is 38.1 Å². The number of hydrogen-bond acceptors (Lipinski definition) is 4. The molecule has 88 valence electrons. The zero-order chi connectivity index (χ0) is 12.4. The molecule has 0 spiro atoms. The van der Waals surface area contributed by atoms with Gasteiger partial charge in [0.1, 0.15) is 4.88 Å². The van der Waals surface area contributed by atoms with Gasteiger partial charge in [0.15, 0.2) is 0 Å². The van der Waals surface area contributed by atoms with Crippen molar-refractivity contribution in [2.75, 3.05) is 7.11 Å². The van der Waals surface area contributed by atoms with E-state index in [-0.39, 0.29) is 5.97 Å². The molecule has 1 aromatic carbocycles. The molecule has 0 radical (unpaired) electrons. The SMILES string of the molecule is COC(=O)c1sc(C)nc1-c1ccc(C)cc1. The highest BCUT2D eigenvalue weighted by Crippen LogP contribution is 2.28. The van der Waals surface area contributed by atoms with Gasteiger partial charge in [-0.25, -0.2) is 9.78 Å². The van der Waals surface area contributed by atoms with Crippen molar-refractivity contribution < 1.29 is 9.53 Å². The number of nitrogens with zero attached hydrogens (tertiary/aromatic N) is 1. The number of esters is 1. The van der Waals surface area contributed by atoms with Gasteiger partial charge in [-0.1, -0.05) is 29.8 Å². The van der Waals surface area contributed by atoms with Crippen molar-refractivity contribution in [1.82, 2.24) is 4.98 Å². The van der Waals surface area contributed by atoms with E-state index in [2.05, 4.69) is 4.98 Å². The first-order chi connectivity index (χ1) is 8.11. The minimum absolute atomic E-state index is 0.328. The van der Waals surface area contributed by atoms with Crippen LogP contribution in [0.25, 0.3) is 11.3 Å². The third-order valence-corrected chi connectivity index (χ3v) is 3.38. The van der Waals surface area contributed by atoms with E-state index in [0.29, 0.717) is 10.6 Å². The number of carbonyl (C=O) groups is 1. The second-order valence-corrected chi connectivity index (χ2v) is 4.97. The highest BCUT2D eigenvalue weighted by atomic mass is 32.1. The molecule has 2 aromatic rings. The summed E-state index contributed by atoms with van der Waals surface area (Å²) in [4.78, 5) is 16.6. The highest BCUT2D eigenvalue weighted by molar-refractivity contribution is 7.14. The monoisotopic (exact) mass is 247 g/mol. The molecule has 0 bridgehead atoms. The Morgan fingerprint density at radius 1 is 1.24 bits per heavy atom. The molecule has 0 aliphatic heterocycles. The number of hydrogen-bond donors (Lipinski definition) is 0. The molecule has 0 atom stereocenters. The van der Waals surface area contributed by atoms with Crippen molar-refractivity contribution in [1.29, 1.82) is 0 Å². The van der Waals surface area contributed by atoms with Crippen molar-refractivity contribution >= 4 is 17.3 Å². The van der Waals surface area contributed by atoms with Crippen LogP contribution < -0.4 is 0 Å². The zero-order valence-corrected chi connectivity index (χ0v) is 10.8. The molecule has 0 saturated carbocycles. The molecule has 4 heteroatoms. The summed E-state index contributed by atoms with van der Waals surface area (Å²) in [5, 5.41) is 0.862. The quantitative estimate of drug-likeness (QED) is 0.765. The molecular weight excluding hydrogens is 234 g/mol. The van der Waals surface area contributed by atoms with Crippen LogP contribution in [0, 0.1) is 13.8 Å². The van der Waals surface area contributed by atoms with Gasteiger partial charge in [0, 0.05) is 5.56 Å². The molecule has 3 nitrogen and oxygen atoms in total. The van der Waals surface area contributed by atoms with Crippen molar-refractivity contribution in [2.24, 2.45) is 0 Å². The van der Waals surface area contributed by atoms with Crippen LogP contribution in [0.4, 0.5) is 0 Å². The van der Waals surface area contributed by atoms with Crippen LogP contribution in [-0.2, 0) is 4.74 Å². The molecule has 0 N–H and O–H groups in total. The van der Waals surface area contributed by atoms with Gasteiger partial charge in [-0.15, -0.1) is 11.3 Å². The van der Waals surface area contributed by atoms with E-state index in [1.165, 1.54) is 24.0 Å². The number of thiazole rings is 1. The third-order valence-electron chi connectivity index (χ3n) is 2.43. The number of benzene rings is 1. The molecule has 0 amide bonds. The van der Waals surface area contributed by atoms with Crippen LogP contribution in [0.2, 0.25) is 0 Å². The second-order valence-electron chi connectivity index (χ2n) is 3.77. The van der Waals surface area contributed by atoms with E-state index in [9.17, 15) is 4.79 Å². The lowest BCUT2D eigenvalue weighted by Gasteiger charge is -2.01. The molecule has 0 saturated heterocycles. The maximum atomic E-state index is 11.6. The average Bonchev–Trinajstić information content (AvgIpc) is 2.71. The Morgan fingerprint density at radius 2 is 1.88 bits per heavy atom. The first kappa shape index (κ1) is 11.8. The summed E-state index contributed by atoms with van der Waals surface area (Å²) in [6.07, 6.45) is 0. The van der Waals surface area contributed by atoms with E-state index in [4.69, 9.17) is 4.74 Å². The standard InChI is InChI=1S/C13H13NO2S/c1-8-4-6-10(7-5-8)11-12(13(15)16-3)17-9(2)14-11/h4-7H,1-3H3. The molecular formula is C13H13NO2S. The molecule has 0 aliphatic carbocycles. The molecule has 17 heavy (non-hydrogen) atoms. The number of aryl methyl sites for hydroxylation is 2. The number of ether oxygens (including phenoxy) is 1. The Labute approximate surface area is 104 Å². The van der Waals surface area contributed by atoms with E-state index in [1.54, 1.807) is 0 Å². The van der Waals surface area contributed by atoms with E-state index >= 15 is 0 Å². The lowest BCUT2D eigenvalue weighted by atomic mass is 10.1. The first-order valence-corrected chi connectivity index (χ1v) is 6.06. The lowest BCUT2D eigenvalue weighted by Crippen LogP contribution is -2.00. The molecule has 2 rings (SSSR count). The lowest BCUT2D eigenvalue weighted by molar-refractivity contribution is 0.0607. The van der Waals surface area contributed by atoms with Gasteiger partial charge < -0.3 is 4.74 Å². The Balaban J connectivity index is 2.51. The Kier molecular flexibility index (Phi) is 3.24. The number of methoxy groups -OCH3 is 1. The molecule has 0 fully saturated rings. The van der Waals surface area contributed by atoms with Crippen molar-refractivity contribution in [3.63, 3.8) is 0 Å². The van der Waals surface area contributed by atoms with Crippen LogP contribution in [0.15, 0.2) is 24.3 Å². The van der Waals surface area contributed by atoms with Gasteiger partial charge in [-0.05, 0) is 13.8 Å². The van der Waals surface area contributed by atoms with Gasteiger partial charge >= 0.3 is 5.97 Å². The predicted octanol–water partition coefficient (Wildman–Crippen LogP) is 3.21. The largest absolute Gasteiger partial charge is 0.465 e. The third kappa shape index (κ3) is 2.36. The molecule has 1 heterocycles. The first-order valence-electron chi connectivity index (χ1n) is 5.24. The minimum atomic E-state index is -0.328. The molecule has 0 aliphatic rings. The number of rotatable bonds is 2. The van der Waals surface area contributed by atoms with Crippen molar-refractivity contribution in [3.05, 3.63) is 39.7 Å². The van der Waals surface area contributed by atoms with Gasteiger partial charge in [-0.2, -0.15) is 0 Å². The summed E-state index contributed by atoms with van der Waals surface area (Å²) in [5.74, 6) is -0.328. The topological polar surface area (TPSA) is 39.2 Å². The Hall–Kier alpha value is -1.68. The number of aromatic nitrogens is 1. The van der Waals surface area contributed by atoms with Crippen molar-refractivity contribution in [3.8, 4) is 11.3 Å². The maximum absolute atomic E-state index is 11.6. The summed E-state index contributed by atoms with van der Waals surface area (Å²) >= 11 is 1.36. The maximum Gasteiger partial charge on any atom is 0.350 e. The predicted molar refractivity (Wildman–Crippen MR) is 68.4 cm³/mol. The molecule has 1 aromatic heterocycles. The van der Waals surface area contributed by atoms with Crippen molar-refractivity contribution in [2.45, 2.75) is 13.8 Å². The van der Waals surface area contributed by atoms with Gasteiger partial charge in [0.2, 0.25) is 0 Å². The van der Waals surface area contributed by atoms with E-state index in [0.717, 1.165) is 10.6 Å². The normalized spacial score (nSPS) is 10.3. The second kappa shape index (κ2) is 4.67. The minimum Gasteiger partial charge on any atom is -0.465 e. The smallest absolute Gasteiger partial charge is 0.350 e. The fourth-order valence-corrected chi connectivity index (χ4v) is 2.42. The van der Waals surface area contributed by atoms with Crippen LogP contribution >= 0.6 is 11.3 Å². The van der Waals surface area contributed by atoms with Crippen LogP contribution in [0.5, 0.6) is 0 Å². The Morgan fingerprint density at radius 3 is 2.47 bits per heavy atom. The fourth-order valence-electron chi connectivity index (χ4n) is 1.57. The van der Waals surface area contributed by atoms with Crippen LogP contribution in [0.3, 0.4) is 0 Å². The summed E-state index contributed by atoms with van der Waals surface area (Å²) in [5.41, 5.74) is 2.83. The zero-order valence-electron chi connectivity index (χ0n) is 9.98. The fraction of sp³-hybridized carbons (Fsp3) is 0.231. The molecule has 0 unspecified atom stereocenters. The number of carbonyl (C=O) groups excluding carboxylic acids is 1. The van der Waals surface area contributed by atoms with Crippen LogP contribution in [-0.4, -0.2) is 18.1 Å². The summed E-state index contributed by atoms with van der Waals surface area (Å²) in [6.45, 7) is 3.91. The van der Waals surface area contributed by atoms with Crippen LogP contribution in [0.1, 0.15) is 20.2 Å². The van der Waals surface area contributed by atoms with E-state index < -0.39 is 0 Å². The summed E-state index contributed by atoms with van der Waals surface area (Å²) < 4.78 is 4.77. The highest BCUT2D eigenvalue weighted by Gasteiger charge is 2.18. The van der Waals surface area contributed by atoms with Gasteiger partial charge in [-0.3, -0.25) is 0 Å². The average molecular weight is 247 g/mol. The Bertz CT molecular complexity index is 543. The summed E-state index contributed by atoms with van der Waals surface area (Å²) in [7, 11) is 1.39. The summed E-state index contributed by atoms with van der Waals surface area (Å²) in [6, 6.07) is 7.95. The van der Waals surface area contributed by atoms with Gasteiger partial charge in [0.05, 0.1) is 17.8 Å². The van der Waals surface area contributed by atoms with Gasteiger partial charge in [0.25, 0.3) is 0 Å².